The van der Waals surface area contributed by atoms with Crippen LogP contribution in [-0.2, 0) is 4.79 Å². The summed E-state index contributed by atoms with van der Waals surface area (Å²) < 4.78 is 11.2. The molecule has 0 fully saturated rings. The second-order valence-corrected chi connectivity index (χ2v) is 8.78. The number of carbonyl (C=O) groups is 1. The average molecular weight is 431 g/mol. The molecule has 0 aliphatic heterocycles. The number of aromatic nitrogens is 2. The van der Waals surface area contributed by atoms with Crippen molar-refractivity contribution in [2.45, 2.75) is 23.4 Å². The molecule has 1 heterocycles. The standard InChI is InChI=1S/C20H22N4O3S2/c1-12-6-5-7-14(8-12)22-19-23-24-20(29-19)28-13(2)18(25)21-15-9-16(26-3)11-17(10-15)27-4/h5-11,13H,1-4H3,(H,21,25)(H,22,23). The van der Waals surface area contributed by atoms with Crippen molar-refractivity contribution in [1.82, 2.24) is 10.2 Å². The molecular weight excluding hydrogens is 408 g/mol. The largest absolute Gasteiger partial charge is 0.497 e. The summed E-state index contributed by atoms with van der Waals surface area (Å²) in [4.78, 5) is 12.6. The van der Waals surface area contributed by atoms with Crippen LogP contribution >= 0.6 is 23.1 Å². The van der Waals surface area contributed by atoms with Crippen molar-refractivity contribution >= 4 is 45.5 Å². The lowest BCUT2D eigenvalue weighted by molar-refractivity contribution is -0.115. The van der Waals surface area contributed by atoms with Crippen LogP contribution in [0.5, 0.6) is 11.5 Å². The fourth-order valence-electron chi connectivity index (χ4n) is 2.48. The van der Waals surface area contributed by atoms with Crippen LogP contribution in [0.4, 0.5) is 16.5 Å². The van der Waals surface area contributed by atoms with Gasteiger partial charge < -0.3 is 20.1 Å². The summed E-state index contributed by atoms with van der Waals surface area (Å²) in [7, 11) is 3.13. The van der Waals surface area contributed by atoms with Crippen LogP contribution in [0.2, 0.25) is 0 Å². The molecule has 0 aliphatic rings. The third-order valence-electron chi connectivity index (χ3n) is 3.94. The van der Waals surface area contributed by atoms with Crippen LogP contribution in [0.1, 0.15) is 12.5 Å². The van der Waals surface area contributed by atoms with E-state index < -0.39 is 0 Å². The number of thioether (sulfide) groups is 1. The first kappa shape index (κ1) is 20.9. The van der Waals surface area contributed by atoms with E-state index in [9.17, 15) is 4.79 Å². The Morgan fingerprint density at radius 2 is 1.79 bits per heavy atom. The molecule has 2 aromatic carbocycles. The van der Waals surface area contributed by atoms with Crippen molar-refractivity contribution in [2.24, 2.45) is 0 Å². The zero-order valence-corrected chi connectivity index (χ0v) is 18.2. The van der Waals surface area contributed by atoms with E-state index in [4.69, 9.17) is 9.47 Å². The number of aryl methyl sites for hydroxylation is 1. The number of rotatable bonds is 8. The Kier molecular flexibility index (Phi) is 6.95. The Labute approximate surface area is 177 Å². The first-order chi connectivity index (χ1) is 14.0. The van der Waals surface area contributed by atoms with Crippen LogP contribution in [0, 0.1) is 6.92 Å². The molecule has 3 rings (SSSR count). The molecule has 7 nitrogen and oxygen atoms in total. The van der Waals surface area contributed by atoms with E-state index in [2.05, 4.69) is 20.8 Å². The fourth-order valence-corrected chi connectivity index (χ4v) is 4.40. The number of hydrogen-bond donors (Lipinski definition) is 2. The van der Waals surface area contributed by atoms with Gasteiger partial charge in [0.15, 0.2) is 4.34 Å². The Morgan fingerprint density at radius 3 is 2.45 bits per heavy atom. The summed E-state index contributed by atoms with van der Waals surface area (Å²) in [6.07, 6.45) is 0. The maximum Gasteiger partial charge on any atom is 0.237 e. The molecule has 152 valence electrons. The molecule has 9 heteroatoms. The molecule has 0 saturated heterocycles. The molecule has 1 atom stereocenters. The minimum Gasteiger partial charge on any atom is -0.497 e. The van der Waals surface area contributed by atoms with Gasteiger partial charge in [0.2, 0.25) is 11.0 Å². The maximum atomic E-state index is 12.6. The predicted molar refractivity (Wildman–Crippen MR) is 118 cm³/mol. The molecule has 0 radical (unpaired) electrons. The average Bonchev–Trinajstić information content (AvgIpc) is 3.14. The van der Waals surface area contributed by atoms with Crippen molar-refractivity contribution < 1.29 is 14.3 Å². The number of nitrogens with one attached hydrogen (secondary N) is 2. The number of amides is 1. The van der Waals surface area contributed by atoms with Gasteiger partial charge in [0, 0.05) is 29.6 Å². The van der Waals surface area contributed by atoms with Crippen molar-refractivity contribution in [3.63, 3.8) is 0 Å². The molecule has 1 unspecified atom stereocenters. The van der Waals surface area contributed by atoms with Gasteiger partial charge in [-0.05, 0) is 31.5 Å². The van der Waals surface area contributed by atoms with E-state index in [0.29, 0.717) is 26.7 Å². The highest BCUT2D eigenvalue weighted by Crippen LogP contribution is 2.32. The van der Waals surface area contributed by atoms with Gasteiger partial charge >= 0.3 is 0 Å². The van der Waals surface area contributed by atoms with Gasteiger partial charge in [-0.2, -0.15) is 0 Å². The smallest absolute Gasteiger partial charge is 0.237 e. The van der Waals surface area contributed by atoms with Crippen molar-refractivity contribution in [2.75, 3.05) is 24.9 Å². The van der Waals surface area contributed by atoms with E-state index in [1.807, 2.05) is 38.1 Å². The lowest BCUT2D eigenvalue weighted by Gasteiger charge is -2.12. The molecule has 0 saturated carbocycles. The molecule has 0 aliphatic carbocycles. The second kappa shape index (κ2) is 9.62. The molecular formula is C20H22N4O3S2. The lowest BCUT2D eigenvalue weighted by atomic mass is 10.2. The minimum absolute atomic E-state index is 0.145. The number of nitrogens with zero attached hydrogens (tertiary/aromatic N) is 2. The number of methoxy groups -OCH3 is 2. The number of benzene rings is 2. The normalized spacial score (nSPS) is 11.6. The van der Waals surface area contributed by atoms with Crippen LogP contribution in [0.15, 0.2) is 46.8 Å². The molecule has 2 N–H and O–H groups in total. The summed E-state index contributed by atoms with van der Waals surface area (Å²) in [6, 6.07) is 13.3. The SMILES string of the molecule is COc1cc(NC(=O)C(C)Sc2nnc(Nc3cccc(C)c3)s2)cc(OC)c1. The van der Waals surface area contributed by atoms with Crippen molar-refractivity contribution in [1.29, 1.82) is 0 Å². The van der Waals surface area contributed by atoms with E-state index in [0.717, 1.165) is 11.3 Å². The number of anilines is 3. The van der Waals surface area contributed by atoms with Crippen LogP contribution in [0.3, 0.4) is 0 Å². The predicted octanol–water partition coefficient (Wildman–Crippen LogP) is 4.73. The monoisotopic (exact) mass is 430 g/mol. The Balaban J connectivity index is 1.61. The summed E-state index contributed by atoms with van der Waals surface area (Å²) in [5.74, 6) is 1.07. The van der Waals surface area contributed by atoms with Crippen LogP contribution in [0.25, 0.3) is 0 Å². The minimum atomic E-state index is -0.355. The van der Waals surface area contributed by atoms with Crippen molar-refractivity contribution in [3.05, 3.63) is 48.0 Å². The second-order valence-electron chi connectivity index (χ2n) is 6.22. The van der Waals surface area contributed by atoms with Crippen LogP contribution in [-0.4, -0.2) is 35.6 Å². The van der Waals surface area contributed by atoms with E-state index >= 15 is 0 Å². The first-order valence-corrected chi connectivity index (χ1v) is 10.5. The maximum absolute atomic E-state index is 12.6. The fraction of sp³-hybridized carbons (Fsp3) is 0.250. The third-order valence-corrected chi connectivity index (χ3v) is 5.96. The van der Waals surface area contributed by atoms with Gasteiger partial charge in [0.1, 0.15) is 11.5 Å². The van der Waals surface area contributed by atoms with Gasteiger partial charge in [-0.25, -0.2) is 0 Å². The summed E-state index contributed by atoms with van der Waals surface area (Å²) in [6.45, 7) is 3.86. The summed E-state index contributed by atoms with van der Waals surface area (Å²) in [5, 5.41) is 14.8. The molecule has 1 amide bonds. The number of hydrogen-bond acceptors (Lipinski definition) is 8. The van der Waals surface area contributed by atoms with Crippen LogP contribution < -0.4 is 20.1 Å². The molecule has 0 bridgehead atoms. The van der Waals surface area contributed by atoms with E-state index in [1.54, 1.807) is 32.4 Å². The zero-order chi connectivity index (χ0) is 20.8. The first-order valence-electron chi connectivity index (χ1n) is 8.84. The van der Waals surface area contributed by atoms with E-state index in [1.165, 1.54) is 23.1 Å². The molecule has 0 spiro atoms. The Hall–Kier alpha value is -2.78. The number of ether oxygens (including phenoxy) is 2. The zero-order valence-electron chi connectivity index (χ0n) is 16.6. The Morgan fingerprint density at radius 1 is 1.07 bits per heavy atom. The highest BCUT2D eigenvalue weighted by Gasteiger charge is 2.18. The van der Waals surface area contributed by atoms with Gasteiger partial charge in [-0.15, -0.1) is 10.2 Å². The van der Waals surface area contributed by atoms with Gasteiger partial charge in [0.25, 0.3) is 0 Å². The quantitative estimate of drug-likeness (QED) is 0.500. The highest BCUT2D eigenvalue weighted by atomic mass is 32.2. The number of carbonyl (C=O) groups excluding carboxylic acids is 1. The molecule has 29 heavy (non-hydrogen) atoms. The van der Waals surface area contributed by atoms with Gasteiger partial charge in [-0.1, -0.05) is 35.2 Å². The van der Waals surface area contributed by atoms with Gasteiger partial charge in [0.05, 0.1) is 19.5 Å². The van der Waals surface area contributed by atoms with Gasteiger partial charge in [-0.3, -0.25) is 4.79 Å². The summed E-state index contributed by atoms with van der Waals surface area (Å²) >= 11 is 2.76. The van der Waals surface area contributed by atoms with Crippen molar-refractivity contribution in [3.8, 4) is 11.5 Å². The molecule has 1 aromatic heterocycles. The molecule has 3 aromatic rings. The third kappa shape index (κ3) is 5.85. The Bertz CT molecular complexity index is 971. The van der Waals surface area contributed by atoms with E-state index in [-0.39, 0.29) is 11.2 Å². The highest BCUT2D eigenvalue weighted by molar-refractivity contribution is 8.02. The topological polar surface area (TPSA) is 85.4 Å². The summed E-state index contributed by atoms with van der Waals surface area (Å²) in [5.41, 5.74) is 2.72. The lowest BCUT2D eigenvalue weighted by Crippen LogP contribution is -2.22.